The fraction of sp³-hybridized carbons (Fsp3) is 0.267. The highest BCUT2D eigenvalue weighted by Gasteiger charge is 2.16. The van der Waals surface area contributed by atoms with Crippen molar-refractivity contribution in [3.8, 4) is 0 Å². The molecule has 0 amide bonds. The lowest BCUT2D eigenvalue weighted by molar-refractivity contribution is 0.0970. The molecule has 0 fully saturated rings. The summed E-state index contributed by atoms with van der Waals surface area (Å²) in [5.41, 5.74) is 3.12. The number of carbonyl (C=O) groups is 1. The maximum absolute atomic E-state index is 12.4. The highest BCUT2D eigenvalue weighted by molar-refractivity contribution is 7.17. The SMILES string of the molecule is Cc1cc(C(=O)Cn2cnc3ccsc3c2=O)c(C)n1C. The Labute approximate surface area is 125 Å². The highest BCUT2D eigenvalue weighted by atomic mass is 32.1. The van der Waals surface area contributed by atoms with Gasteiger partial charge in [-0.2, -0.15) is 0 Å². The summed E-state index contributed by atoms with van der Waals surface area (Å²) in [4.78, 5) is 28.9. The molecule has 0 atom stereocenters. The minimum absolute atomic E-state index is 0.0178. The van der Waals surface area contributed by atoms with Gasteiger partial charge < -0.3 is 4.57 Å². The van der Waals surface area contributed by atoms with Gasteiger partial charge in [0.05, 0.1) is 18.4 Å². The number of thiophene rings is 1. The molecule has 0 aromatic carbocycles. The molecule has 3 aromatic rings. The smallest absolute Gasteiger partial charge is 0.271 e. The van der Waals surface area contributed by atoms with E-state index in [9.17, 15) is 9.59 Å². The van der Waals surface area contributed by atoms with Gasteiger partial charge in [0, 0.05) is 24.0 Å². The van der Waals surface area contributed by atoms with E-state index in [2.05, 4.69) is 4.98 Å². The van der Waals surface area contributed by atoms with Crippen molar-refractivity contribution in [1.29, 1.82) is 0 Å². The number of ketones is 1. The molecule has 5 nitrogen and oxygen atoms in total. The molecule has 0 unspecified atom stereocenters. The molecule has 108 valence electrons. The van der Waals surface area contributed by atoms with E-state index in [4.69, 9.17) is 0 Å². The van der Waals surface area contributed by atoms with Gasteiger partial charge in [0.2, 0.25) is 0 Å². The van der Waals surface area contributed by atoms with Crippen LogP contribution in [-0.4, -0.2) is 19.9 Å². The second-order valence-corrected chi connectivity index (χ2v) is 6.00. The molecule has 0 spiro atoms. The highest BCUT2D eigenvalue weighted by Crippen LogP contribution is 2.16. The van der Waals surface area contributed by atoms with Crippen molar-refractivity contribution < 1.29 is 4.79 Å². The third kappa shape index (κ3) is 2.21. The minimum atomic E-state index is -0.159. The normalized spacial score (nSPS) is 11.2. The molecule has 6 heteroatoms. The van der Waals surface area contributed by atoms with Gasteiger partial charge in [0.15, 0.2) is 5.78 Å². The van der Waals surface area contributed by atoms with Gasteiger partial charge in [0.1, 0.15) is 4.70 Å². The van der Waals surface area contributed by atoms with Gasteiger partial charge >= 0.3 is 0 Å². The van der Waals surface area contributed by atoms with Crippen LogP contribution in [0.1, 0.15) is 21.7 Å². The summed E-state index contributed by atoms with van der Waals surface area (Å²) in [6.45, 7) is 3.88. The largest absolute Gasteiger partial charge is 0.351 e. The van der Waals surface area contributed by atoms with Gasteiger partial charge in [-0.3, -0.25) is 14.2 Å². The first-order valence-corrected chi connectivity index (χ1v) is 7.45. The fourth-order valence-electron chi connectivity index (χ4n) is 2.37. The van der Waals surface area contributed by atoms with E-state index >= 15 is 0 Å². The Morgan fingerprint density at radius 2 is 2.14 bits per heavy atom. The van der Waals surface area contributed by atoms with Crippen LogP contribution in [0, 0.1) is 13.8 Å². The van der Waals surface area contributed by atoms with Gasteiger partial charge in [-0.1, -0.05) is 0 Å². The van der Waals surface area contributed by atoms with Crippen LogP contribution in [0.5, 0.6) is 0 Å². The summed E-state index contributed by atoms with van der Waals surface area (Å²) < 4.78 is 3.94. The molecule has 3 aromatic heterocycles. The lowest BCUT2D eigenvalue weighted by atomic mass is 10.1. The first kappa shape index (κ1) is 13.8. The summed E-state index contributed by atoms with van der Waals surface area (Å²) in [5.74, 6) is -0.0731. The minimum Gasteiger partial charge on any atom is -0.351 e. The molecule has 0 bridgehead atoms. The van der Waals surface area contributed by atoms with Crippen molar-refractivity contribution in [3.05, 3.63) is 51.1 Å². The lowest BCUT2D eigenvalue weighted by Gasteiger charge is -2.05. The molecule has 0 N–H and O–H groups in total. The molecule has 0 aliphatic heterocycles. The number of aromatic nitrogens is 3. The zero-order chi connectivity index (χ0) is 15.1. The Hall–Kier alpha value is -2.21. The molecule has 3 heterocycles. The molecule has 0 aliphatic carbocycles. The van der Waals surface area contributed by atoms with Gasteiger partial charge in [-0.05, 0) is 31.4 Å². The molecule has 3 rings (SSSR count). The summed E-state index contributed by atoms with van der Waals surface area (Å²) in [6, 6.07) is 3.66. The molecular weight excluding hydrogens is 286 g/mol. The number of Topliss-reactive ketones (excluding diaryl/α,β-unsaturated/α-hetero) is 1. The number of nitrogens with zero attached hydrogens (tertiary/aromatic N) is 3. The molecule has 0 saturated carbocycles. The van der Waals surface area contributed by atoms with E-state index in [0.29, 0.717) is 15.8 Å². The third-order valence-electron chi connectivity index (χ3n) is 3.83. The second-order valence-electron chi connectivity index (χ2n) is 5.08. The molecule has 0 aliphatic rings. The predicted molar refractivity (Wildman–Crippen MR) is 83.1 cm³/mol. The first-order valence-electron chi connectivity index (χ1n) is 6.58. The second kappa shape index (κ2) is 4.96. The van der Waals surface area contributed by atoms with E-state index in [0.717, 1.165) is 11.4 Å². The number of carbonyl (C=O) groups excluding carboxylic acids is 1. The van der Waals surface area contributed by atoms with Gasteiger partial charge in [-0.15, -0.1) is 11.3 Å². The quantitative estimate of drug-likeness (QED) is 0.697. The van der Waals surface area contributed by atoms with Crippen LogP contribution in [0.25, 0.3) is 10.2 Å². The number of rotatable bonds is 3. The summed E-state index contributed by atoms with van der Waals surface area (Å²) in [6.07, 6.45) is 1.44. The fourth-order valence-corrected chi connectivity index (χ4v) is 3.16. The van der Waals surface area contributed by atoms with Crippen LogP contribution < -0.4 is 5.56 Å². The Kier molecular flexibility index (Phi) is 3.25. The van der Waals surface area contributed by atoms with Crippen LogP contribution >= 0.6 is 11.3 Å². The van der Waals surface area contributed by atoms with E-state index in [-0.39, 0.29) is 17.9 Å². The van der Waals surface area contributed by atoms with Crippen molar-refractivity contribution in [1.82, 2.24) is 14.1 Å². The van der Waals surface area contributed by atoms with Gasteiger partial charge in [-0.25, -0.2) is 4.98 Å². The van der Waals surface area contributed by atoms with Crippen molar-refractivity contribution in [3.63, 3.8) is 0 Å². The van der Waals surface area contributed by atoms with Crippen LogP contribution in [0.3, 0.4) is 0 Å². The number of hydrogen-bond donors (Lipinski definition) is 0. The van der Waals surface area contributed by atoms with E-state index in [1.807, 2.05) is 36.9 Å². The van der Waals surface area contributed by atoms with Crippen molar-refractivity contribution in [2.75, 3.05) is 0 Å². The molecule has 0 radical (unpaired) electrons. The zero-order valence-corrected chi connectivity index (χ0v) is 12.9. The predicted octanol–water partition coefficient (Wildman–Crippen LogP) is 2.30. The van der Waals surface area contributed by atoms with E-state index in [1.165, 1.54) is 22.2 Å². The Morgan fingerprint density at radius 1 is 1.38 bits per heavy atom. The van der Waals surface area contributed by atoms with Crippen molar-refractivity contribution in [2.24, 2.45) is 7.05 Å². The summed E-state index contributed by atoms with van der Waals surface area (Å²) in [7, 11) is 1.92. The van der Waals surface area contributed by atoms with Crippen LogP contribution in [0.4, 0.5) is 0 Å². The molecular formula is C15H15N3O2S. The first-order chi connectivity index (χ1) is 9.99. The monoisotopic (exact) mass is 301 g/mol. The number of aryl methyl sites for hydroxylation is 1. The standard InChI is InChI=1S/C15H15N3O2S/c1-9-6-11(10(2)17(9)3)13(19)7-18-8-16-12-4-5-21-14(12)15(18)20/h4-6,8H,7H2,1-3H3. The summed E-state index contributed by atoms with van der Waals surface area (Å²) in [5, 5.41) is 1.83. The maximum atomic E-state index is 12.4. The number of fused-ring (bicyclic) bond motifs is 1. The van der Waals surface area contributed by atoms with Crippen LogP contribution in [0.15, 0.2) is 28.6 Å². The third-order valence-corrected chi connectivity index (χ3v) is 4.72. The zero-order valence-electron chi connectivity index (χ0n) is 12.1. The molecule has 21 heavy (non-hydrogen) atoms. The Morgan fingerprint density at radius 3 is 2.81 bits per heavy atom. The van der Waals surface area contributed by atoms with Crippen LogP contribution in [0.2, 0.25) is 0 Å². The van der Waals surface area contributed by atoms with Crippen molar-refractivity contribution >= 4 is 27.3 Å². The van der Waals surface area contributed by atoms with Crippen molar-refractivity contribution in [2.45, 2.75) is 20.4 Å². The van der Waals surface area contributed by atoms with E-state index in [1.54, 1.807) is 6.07 Å². The molecule has 0 saturated heterocycles. The average Bonchev–Trinajstić information content (AvgIpc) is 3.03. The number of hydrogen-bond acceptors (Lipinski definition) is 4. The Bertz CT molecular complexity index is 901. The Balaban J connectivity index is 1.98. The van der Waals surface area contributed by atoms with E-state index < -0.39 is 0 Å². The average molecular weight is 301 g/mol. The topological polar surface area (TPSA) is 56.9 Å². The summed E-state index contributed by atoms with van der Waals surface area (Å²) >= 11 is 1.35. The maximum Gasteiger partial charge on any atom is 0.271 e. The van der Waals surface area contributed by atoms with Gasteiger partial charge in [0.25, 0.3) is 5.56 Å². The van der Waals surface area contributed by atoms with Crippen LogP contribution in [-0.2, 0) is 13.6 Å². The lowest BCUT2D eigenvalue weighted by Crippen LogP contribution is -2.24.